The van der Waals surface area contributed by atoms with Crippen LogP contribution in [-0.4, -0.2) is 17.0 Å². The van der Waals surface area contributed by atoms with Crippen LogP contribution in [0.15, 0.2) is 36.5 Å². The van der Waals surface area contributed by atoms with Gasteiger partial charge in [-0.25, -0.2) is 4.79 Å². The van der Waals surface area contributed by atoms with E-state index in [-0.39, 0.29) is 5.97 Å². The van der Waals surface area contributed by atoms with Crippen LogP contribution in [0.3, 0.4) is 0 Å². The van der Waals surface area contributed by atoms with Crippen molar-refractivity contribution in [3.63, 3.8) is 0 Å². The normalized spacial score (nSPS) is 10.4. The number of esters is 1. The van der Waals surface area contributed by atoms with Crippen molar-refractivity contribution in [2.45, 2.75) is 6.92 Å². The highest BCUT2D eigenvalue weighted by molar-refractivity contribution is 5.89. The van der Waals surface area contributed by atoms with Crippen molar-refractivity contribution in [2.75, 3.05) is 6.61 Å². The molecule has 0 aromatic carbocycles. The Balaban J connectivity index is 2.47. The Kier molecular flexibility index (Phi) is 2.23. The molecular formula is C11H11NO2. The second-order valence-electron chi connectivity index (χ2n) is 2.93. The van der Waals surface area contributed by atoms with Crippen molar-refractivity contribution >= 4 is 11.5 Å². The second-order valence-corrected chi connectivity index (χ2v) is 2.93. The molecule has 0 saturated heterocycles. The lowest BCUT2D eigenvalue weighted by atomic mass is 10.4. The largest absolute Gasteiger partial charge is 0.461 e. The third-order valence-corrected chi connectivity index (χ3v) is 2.05. The highest BCUT2D eigenvalue weighted by Gasteiger charge is 2.10. The van der Waals surface area contributed by atoms with Gasteiger partial charge >= 0.3 is 5.97 Å². The molecule has 3 heteroatoms. The van der Waals surface area contributed by atoms with Crippen LogP contribution in [0.1, 0.15) is 17.4 Å². The van der Waals surface area contributed by atoms with E-state index in [2.05, 4.69) is 0 Å². The van der Waals surface area contributed by atoms with E-state index in [1.54, 1.807) is 13.0 Å². The number of pyridine rings is 1. The average molecular weight is 189 g/mol. The lowest BCUT2D eigenvalue weighted by molar-refractivity contribution is 0.0518. The molecule has 0 spiro atoms. The van der Waals surface area contributed by atoms with Gasteiger partial charge in [0, 0.05) is 11.7 Å². The number of hydrogen-bond donors (Lipinski definition) is 0. The predicted octanol–water partition coefficient (Wildman–Crippen LogP) is 2.12. The number of hydrogen-bond acceptors (Lipinski definition) is 2. The zero-order valence-electron chi connectivity index (χ0n) is 7.93. The third-order valence-electron chi connectivity index (χ3n) is 2.05. The van der Waals surface area contributed by atoms with Crippen molar-refractivity contribution in [3.8, 4) is 0 Å². The van der Waals surface area contributed by atoms with Crippen LogP contribution in [0.25, 0.3) is 5.52 Å². The summed E-state index contributed by atoms with van der Waals surface area (Å²) in [6, 6.07) is 9.43. The minimum absolute atomic E-state index is 0.279. The number of carbonyl (C=O) groups excluding carboxylic acids is 1. The van der Waals surface area contributed by atoms with Gasteiger partial charge in [-0.1, -0.05) is 6.07 Å². The number of aromatic nitrogens is 1. The minimum atomic E-state index is -0.279. The van der Waals surface area contributed by atoms with Crippen LogP contribution in [0.4, 0.5) is 0 Å². The molecule has 14 heavy (non-hydrogen) atoms. The highest BCUT2D eigenvalue weighted by Crippen LogP contribution is 2.10. The molecule has 72 valence electrons. The summed E-state index contributed by atoms with van der Waals surface area (Å²) in [6.07, 6.45) is 1.85. The van der Waals surface area contributed by atoms with Crippen LogP contribution in [0.2, 0.25) is 0 Å². The third kappa shape index (κ3) is 1.37. The van der Waals surface area contributed by atoms with Gasteiger partial charge in [-0.3, -0.25) is 0 Å². The molecule has 0 N–H and O–H groups in total. The van der Waals surface area contributed by atoms with Crippen molar-refractivity contribution in [2.24, 2.45) is 0 Å². The zero-order chi connectivity index (χ0) is 9.97. The van der Waals surface area contributed by atoms with Crippen LogP contribution in [0, 0.1) is 0 Å². The topological polar surface area (TPSA) is 30.7 Å². The molecule has 2 aromatic rings. The SMILES string of the molecule is CCOC(=O)c1ccc2ccccn12. The van der Waals surface area contributed by atoms with Crippen LogP contribution in [-0.2, 0) is 4.74 Å². The van der Waals surface area contributed by atoms with Crippen LogP contribution < -0.4 is 0 Å². The monoisotopic (exact) mass is 189 g/mol. The van der Waals surface area contributed by atoms with Crippen molar-refractivity contribution < 1.29 is 9.53 Å². The molecule has 0 amide bonds. The molecule has 0 fully saturated rings. The number of fused-ring (bicyclic) bond motifs is 1. The molecule has 0 saturated carbocycles. The van der Waals surface area contributed by atoms with E-state index in [1.807, 2.05) is 34.9 Å². The van der Waals surface area contributed by atoms with E-state index < -0.39 is 0 Å². The summed E-state index contributed by atoms with van der Waals surface area (Å²) in [5.41, 5.74) is 1.57. The first-order valence-electron chi connectivity index (χ1n) is 4.56. The molecule has 2 heterocycles. The van der Waals surface area contributed by atoms with E-state index >= 15 is 0 Å². The standard InChI is InChI=1S/C11H11NO2/c1-2-14-11(13)10-7-6-9-5-3-4-8-12(9)10/h3-8H,2H2,1H3. The van der Waals surface area contributed by atoms with E-state index in [9.17, 15) is 4.79 Å². The molecule has 2 aromatic heterocycles. The Bertz CT molecular complexity index is 459. The Morgan fingerprint density at radius 1 is 1.36 bits per heavy atom. The summed E-state index contributed by atoms with van der Waals surface area (Å²) in [7, 11) is 0. The van der Waals surface area contributed by atoms with Gasteiger partial charge in [0.2, 0.25) is 0 Å². The number of ether oxygens (including phenoxy) is 1. The maximum atomic E-state index is 11.5. The molecule has 0 aliphatic heterocycles. The highest BCUT2D eigenvalue weighted by atomic mass is 16.5. The van der Waals surface area contributed by atoms with E-state index in [4.69, 9.17) is 4.74 Å². The maximum Gasteiger partial charge on any atom is 0.355 e. The van der Waals surface area contributed by atoms with Gasteiger partial charge in [-0.15, -0.1) is 0 Å². The Hall–Kier alpha value is -1.77. The van der Waals surface area contributed by atoms with E-state index in [1.165, 1.54) is 0 Å². The van der Waals surface area contributed by atoms with Gasteiger partial charge in [0.1, 0.15) is 5.69 Å². The summed E-state index contributed by atoms with van der Waals surface area (Å²) < 4.78 is 6.75. The molecule has 0 bridgehead atoms. The quantitative estimate of drug-likeness (QED) is 0.677. The Morgan fingerprint density at radius 3 is 3.00 bits per heavy atom. The van der Waals surface area contributed by atoms with Crippen molar-refractivity contribution in [1.82, 2.24) is 4.40 Å². The molecular weight excluding hydrogens is 178 g/mol. The van der Waals surface area contributed by atoms with Gasteiger partial charge in [-0.05, 0) is 31.2 Å². The molecule has 0 atom stereocenters. The fraction of sp³-hybridized carbons (Fsp3) is 0.182. The molecule has 0 aliphatic rings. The van der Waals surface area contributed by atoms with Crippen molar-refractivity contribution in [1.29, 1.82) is 0 Å². The first-order valence-corrected chi connectivity index (χ1v) is 4.56. The maximum absolute atomic E-state index is 11.5. The molecule has 0 unspecified atom stereocenters. The predicted molar refractivity (Wildman–Crippen MR) is 53.4 cm³/mol. The molecule has 0 aliphatic carbocycles. The molecule has 2 rings (SSSR count). The van der Waals surface area contributed by atoms with E-state index in [0.717, 1.165) is 5.52 Å². The lowest BCUT2D eigenvalue weighted by Gasteiger charge is -2.01. The first-order chi connectivity index (χ1) is 6.83. The summed E-state index contributed by atoms with van der Waals surface area (Å²) in [4.78, 5) is 11.5. The first kappa shape index (κ1) is 8.81. The number of rotatable bonds is 2. The Morgan fingerprint density at radius 2 is 2.21 bits per heavy atom. The summed E-state index contributed by atoms with van der Waals surface area (Å²) >= 11 is 0. The molecule has 3 nitrogen and oxygen atoms in total. The summed E-state index contributed by atoms with van der Waals surface area (Å²) in [5, 5.41) is 0. The van der Waals surface area contributed by atoms with Gasteiger partial charge in [0.05, 0.1) is 6.61 Å². The summed E-state index contributed by atoms with van der Waals surface area (Å²) in [6.45, 7) is 2.20. The van der Waals surface area contributed by atoms with E-state index in [0.29, 0.717) is 12.3 Å². The zero-order valence-corrected chi connectivity index (χ0v) is 7.93. The fourth-order valence-electron chi connectivity index (χ4n) is 1.43. The lowest BCUT2D eigenvalue weighted by Crippen LogP contribution is -2.07. The smallest absolute Gasteiger partial charge is 0.355 e. The van der Waals surface area contributed by atoms with Gasteiger partial charge in [0.15, 0.2) is 0 Å². The molecule has 0 radical (unpaired) electrons. The number of carbonyl (C=O) groups is 1. The summed E-state index contributed by atoms with van der Waals surface area (Å²) in [5.74, 6) is -0.279. The van der Waals surface area contributed by atoms with Gasteiger partial charge in [0.25, 0.3) is 0 Å². The fourth-order valence-corrected chi connectivity index (χ4v) is 1.43. The Labute approximate surface area is 81.9 Å². The van der Waals surface area contributed by atoms with Crippen LogP contribution >= 0.6 is 0 Å². The second kappa shape index (κ2) is 3.54. The number of nitrogens with zero attached hydrogens (tertiary/aromatic N) is 1. The minimum Gasteiger partial charge on any atom is -0.461 e. The van der Waals surface area contributed by atoms with Crippen molar-refractivity contribution in [3.05, 3.63) is 42.2 Å². The van der Waals surface area contributed by atoms with Gasteiger partial charge in [-0.2, -0.15) is 0 Å². The van der Waals surface area contributed by atoms with Crippen LogP contribution in [0.5, 0.6) is 0 Å². The average Bonchev–Trinajstić information content (AvgIpc) is 2.61. The van der Waals surface area contributed by atoms with Gasteiger partial charge < -0.3 is 9.14 Å².